The molecule has 0 fully saturated rings. The summed E-state index contributed by atoms with van der Waals surface area (Å²) in [6.07, 6.45) is 0.994. The van der Waals surface area contributed by atoms with Crippen LogP contribution in [0, 0.1) is 5.75 Å². The van der Waals surface area contributed by atoms with Crippen LogP contribution in [0.5, 0.6) is 0 Å². The molecule has 0 aliphatic carbocycles. The summed E-state index contributed by atoms with van der Waals surface area (Å²) in [6, 6.07) is 8.28. The molecule has 0 spiro atoms. The van der Waals surface area contributed by atoms with E-state index in [0.717, 1.165) is 12.0 Å². The predicted molar refractivity (Wildman–Crippen MR) is 49.9 cm³/mol. The van der Waals surface area contributed by atoms with Crippen LogP contribution in [0.25, 0.3) is 0 Å². The van der Waals surface area contributed by atoms with Crippen molar-refractivity contribution in [3.8, 4) is 0 Å². The molecule has 0 heterocycles. The molecule has 1 rings (SSSR count). The molecule has 13 heavy (non-hydrogen) atoms. The molecule has 1 aromatic carbocycles. The predicted octanol–water partition coefficient (Wildman–Crippen LogP) is 1.08. The van der Waals surface area contributed by atoms with Gasteiger partial charge in [-0.3, -0.25) is 4.79 Å². The highest BCUT2D eigenvalue weighted by Crippen LogP contribution is 2.04. The lowest BCUT2D eigenvalue weighted by atomic mass is 10.2. The van der Waals surface area contributed by atoms with Crippen LogP contribution in [0.3, 0.4) is 0 Å². The molecule has 1 radical (unpaired) electrons. The Labute approximate surface area is 77.3 Å². The highest BCUT2D eigenvalue weighted by atomic mass is 32.2. The van der Waals surface area contributed by atoms with E-state index in [9.17, 15) is 13.2 Å². The van der Waals surface area contributed by atoms with E-state index in [0.29, 0.717) is 5.56 Å². The van der Waals surface area contributed by atoms with Gasteiger partial charge in [0.15, 0.2) is 15.6 Å². The molecule has 3 nitrogen and oxygen atoms in total. The third-order valence-electron chi connectivity index (χ3n) is 1.38. The Hall–Kier alpha value is -1.16. The van der Waals surface area contributed by atoms with Gasteiger partial charge in [-0.1, -0.05) is 30.3 Å². The van der Waals surface area contributed by atoms with E-state index < -0.39 is 15.6 Å². The molecule has 0 unspecified atom stereocenters. The Bertz CT molecular complexity index is 392. The minimum Gasteiger partial charge on any atom is -0.293 e. The maximum atomic E-state index is 11.2. The first-order chi connectivity index (χ1) is 5.99. The third kappa shape index (κ3) is 3.38. The number of carbonyl (C=O) groups is 1. The van der Waals surface area contributed by atoms with Gasteiger partial charge in [0.25, 0.3) is 0 Å². The molecule has 0 aliphatic heterocycles. The summed E-state index contributed by atoms with van der Waals surface area (Å²) >= 11 is 0. The average molecular weight is 197 g/mol. The minimum atomic E-state index is -3.35. The van der Waals surface area contributed by atoms with Crippen molar-refractivity contribution < 1.29 is 13.2 Å². The van der Waals surface area contributed by atoms with E-state index in [4.69, 9.17) is 0 Å². The summed E-state index contributed by atoms with van der Waals surface area (Å²) < 4.78 is 21.5. The van der Waals surface area contributed by atoms with E-state index in [1.165, 1.54) is 0 Å². The van der Waals surface area contributed by atoms with E-state index in [2.05, 4.69) is 0 Å². The number of hydrogen-bond acceptors (Lipinski definition) is 3. The summed E-state index contributed by atoms with van der Waals surface area (Å²) in [5.41, 5.74) is 0.382. The smallest absolute Gasteiger partial charge is 0.182 e. The molecular formula is C9H9O3S. The van der Waals surface area contributed by atoms with Gasteiger partial charge >= 0.3 is 0 Å². The zero-order valence-corrected chi connectivity index (χ0v) is 7.91. The van der Waals surface area contributed by atoms with Crippen molar-refractivity contribution in [3.05, 3.63) is 41.6 Å². The molecular weight excluding hydrogens is 188 g/mol. The van der Waals surface area contributed by atoms with Crippen LogP contribution < -0.4 is 0 Å². The summed E-state index contributed by atoms with van der Waals surface area (Å²) in [5, 5.41) is 0. The van der Waals surface area contributed by atoms with Crippen LogP contribution in [-0.2, 0) is 9.84 Å². The lowest BCUT2D eigenvalue weighted by Gasteiger charge is -1.97. The summed E-state index contributed by atoms with van der Waals surface area (Å²) in [6.45, 7) is 0. The fourth-order valence-corrected chi connectivity index (χ4v) is 1.39. The van der Waals surface area contributed by atoms with Gasteiger partial charge in [-0.2, -0.15) is 0 Å². The van der Waals surface area contributed by atoms with Gasteiger partial charge in [0.2, 0.25) is 0 Å². The Kier molecular flexibility index (Phi) is 2.83. The van der Waals surface area contributed by atoms with Gasteiger partial charge in [0.05, 0.1) is 0 Å². The van der Waals surface area contributed by atoms with Crippen molar-refractivity contribution in [2.45, 2.75) is 0 Å². The van der Waals surface area contributed by atoms with Crippen molar-refractivity contribution >= 4 is 15.6 Å². The molecule has 0 saturated carbocycles. The van der Waals surface area contributed by atoms with Crippen molar-refractivity contribution in [2.24, 2.45) is 0 Å². The molecule has 0 aliphatic rings. The Morgan fingerprint density at radius 2 is 1.77 bits per heavy atom. The molecule has 1 aromatic rings. The second-order valence-corrected chi connectivity index (χ2v) is 4.57. The first-order valence-electron chi connectivity index (χ1n) is 3.63. The maximum Gasteiger partial charge on any atom is 0.182 e. The molecule has 0 amide bonds. The van der Waals surface area contributed by atoms with Crippen LogP contribution in [0.1, 0.15) is 10.4 Å². The third-order valence-corrected chi connectivity index (χ3v) is 2.02. The standard InChI is InChI=1S/C9H9O3S/c1-13(11,12)7-9(10)8-5-3-2-4-6-8/h2-7H,1H3. The summed E-state index contributed by atoms with van der Waals surface area (Å²) in [5.74, 6) is 0.241. The van der Waals surface area contributed by atoms with Crippen LogP contribution in [-0.4, -0.2) is 20.5 Å². The van der Waals surface area contributed by atoms with Crippen LogP contribution in [0.2, 0.25) is 0 Å². The van der Waals surface area contributed by atoms with E-state index in [1.54, 1.807) is 30.3 Å². The van der Waals surface area contributed by atoms with Crippen molar-refractivity contribution in [3.63, 3.8) is 0 Å². The van der Waals surface area contributed by atoms with Crippen molar-refractivity contribution in [1.82, 2.24) is 0 Å². The van der Waals surface area contributed by atoms with Crippen LogP contribution in [0.15, 0.2) is 30.3 Å². The lowest BCUT2D eigenvalue weighted by Crippen LogP contribution is -2.07. The van der Waals surface area contributed by atoms with Gasteiger partial charge in [0.1, 0.15) is 5.75 Å². The Morgan fingerprint density at radius 1 is 1.23 bits per heavy atom. The van der Waals surface area contributed by atoms with Crippen LogP contribution in [0.4, 0.5) is 0 Å². The molecule has 69 valence electrons. The first kappa shape index (κ1) is 9.92. The average Bonchev–Trinajstić information content (AvgIpc) is 2.03. The number of rotatable bonds is 3. The molecule has 4 heteroatoms. The topological polar surface area (TPSA) is 51.2 Å². The summed E-state index contributed by atoms with van der Waals surface area (Å²) in [7, 11) is -3.35. The zero-order chi connectivity index (χ0) is 9.90. The number of hydrogen-bond donors (Lipinski definition) is 0. The van der Waals surface area contributed by atoms with Gasteiger partial charge in [-0.05, 0) is 0 Å². The van der Waals surface area contributed by atoms with E-state index in [-0.39, 0.29) is 0 Å². The van der Waals surface area contributed by atoms with Gasteiger partial charge in [-0.15, -0.1) is 0 Å². The highest BCUT2D eigenvalue weighted by molar-refractivity contribution is 7.93. The molecule has 0 N–H and O–H groups in total. The highest BCUT2D eigenvalue weighted by Gasteiger charge is 2.12. The number of ketones is 1. The first-order valence-corrected chi connectivity index (χ1v) is 5.59. The SMILES string of the molecule is CS(=O)(=O)[CH]C(=O)c1ccccc1. The van der Waals surface area contributed by atoms with Gasteiger partial charge in [-0.25, -0.2) is 8.42 Å². The quantitative estimate of drug-likeness (QED) is 0.681. The van der Waals surface area contributed by atoms with Crippen molar-refractivity contribution in [1.29, 1.82) is 0 Å². The van der Waals surface area contributed by atoms with Gasteiger partial charge < -0.3 is 0 Å². The van der Waals surface area contributed by atoms with Crippen molar-refractivity contribution in [2.75, 3.05) is 6.26 Å². The zero-order valence-electron chi connectivity index (χ0n) is 7.10. The van der Waals surface area contributed by atoms with Crippen LogP contribution >= 0.6 is 0 Å². The number of sulfone groups is 1. The second-order valence-electron chi connectivity index (χ2n) is 2.68. The Morgan fingerprint density at radius 3 is 2.23 bits per heavy atom. The lowest BCUT2D eigenvalue weighted by molar-refractivity contribution is 0.103. The summed E-state index contributed by atoms with van der Waals surface area (Å²) in [4.78, 5) is 11.2. The molecule has 0 bridgehead atoms. The second kappa shape index (κ2) is 3.70. The fourth-order valence-electron chi connectivity index (χ4n) is 0.865. The normalized spacial score (nSPS) is 11.2. The number of Topliss-reactive ketones (excluding diaryl/α,β-unsaturated/α-hetero) is 1. The largest absolute Gasteiger partial charge is 0.293 e. The van der Waals surface area contributed by atoms with E-state index >= 15 is 0 Å². The molecule has 0 aromatic heterocycles. The number of carbonyl (C=O) groups excluding carboxylic acids is 1. The minimum absolute atomic E-state index is 0.382. The van der Waals surface area contributed by atoms with E-state index in [1.807, 2.05) is 0 Å². The fraction of sp³-hybridized carbons (Fsp3) is 0.111. The molecule has 0 saturated heterocycles. The molecule has 0 atom stereocenters. The maximum absolute atomic E-state index is 11.2. The monoisotopic (exact) mass is 197 g/mol. The van der Waals surface area contributed by atoms with Gasteiger partial charge in [0, 0.05) is 11.8 Å². The number of benzene rings is 1. The Balaban J connectivity index is 2.82.